The number of aromatic nitrogens is 1. The molecule has 0 atom stereocenters. The molecule has 2 aliphatic rings. The fraction of sp³-hybridized carbons (Fsp3) is 0.290. The number of methoxy groups -OCH3 is 1. The molecule has 0 radical (unpaired) electrons. The lowest BCUT2D eigenvalue weighted by Gasteiger charge is -2.37. The minimum absolute atomic E-state index is 0.0534. The van der Waals surface area contributed by atoms with Crippen molar-refractivity contribution in [2.45, 2.75) is 30.1 Å². The van der Waals surface area contributed by atoms with Gasteiger partial charge in [0, 0.05) is 43.3 Å². The highest BCUT2D eigenvalue weighted by Gasteiger charge is 2.27. The maximum absolute atomic E-state index is 15.1. The van der Waals surface area contributed by atoms with Crippen molar-refractivity contribution < 1.29 is 22.3 Å². The second kappa shape index (κ2) is 11.0. The lowest BCUT2D eigenvalue weighted by atomic mass is 9.80. The largest absolute Gasteiger partial charge is 0.495 e. The minimum Gasteiger partial charge on any atom is -0.495 e. The first-order valence-corrected chi connectivity index (χ1v) is 15.2. The summed E-state index contributed by atoms with van der Waals surface area (Å²) < 4.78 is 49.3. The SMILES string of the molecule is COc1cc(C2CCC2)ccc1N1CCN(C(=O)c2ccc(NS(=O)(=O)c3cccc4cccnc34)c(F)c2)CC1. The summed E-state index contributed by atoms with van der Waals surface area (Å²) in [5, 5.41) is 0.654. The Morgan fingerprint density at radius 3 is 2.49 bits per heavy atom. The van der Waals surface area contributed by atoms with Crippen LogP contribution in [0.25, 0.3) is 10.9 Å². The average Bonchev–Trinajstić information content (AvgIpc) is 2.96. The van der Waals surface area contributed by atoms with Gasteiger partial charge in [0.1, 0.15) is 16.5 Å². The Morgan fingerprint density at radius 1 is 1.00 bits per heavy atom. The molecule has 41 heavy (non-hydrogen) atoms. The van der Waals surface area contributed by atoms with Crippen molar-refractivity contribution in [3.8, 4) is 5.75 Å². The van der Waals surface area contributed by atoms with E-state index < -0.39 is 15.8 Å². The standard InChI is InChI=1S/C31H31FN4O4S/c1-40-28-20-23(21-5-2-6-21)11-13-27(28)35-15-17-36(18-16-35)31(37)24-10-12-26(25(32)19-24)34-41(38,39)29-9-3-7-22-8-4-14-33-30(22)29/h3-4,7-14,19-21,34H,2,5-6,15-18H2,1H3. The number of amides is 1. The van der Waals surface area contributed by atoms with E-state index in [-0.39, 0.29) is 22.1 Å². The van der Waals surface area contributed by atoms with Gasteiger partial charge in [-0.25, -0.2) is 12.8 Å². The number of piperazine rings is 1. The molecule has 1 N–H and O–H groups in total. The van der Waals surface area contributed by atoms with Gasteiger partial charge in [-0.2, -0.15) is 0 Å². The Kier molecular flexibility index (Phi) is 7.25. The predicted octanol–water partition coefficient (Wildman–Crippen LogP) is 5.41. The third-order valence-electron chi connectivity index (χ3n) is 8.03. The molecule has 0 unspecified atom stereocenters. The van der Waals surface area contributed by atoms with E-state index in [0.29, 0.717) is 43.0 Å². The van der Waals surface area contributed by atoms with E-state index >= 15 is 4.39 Å². The number of fused-ring (bicyclic) bond motifs is 1. The topological polar surface area (TPSA) is 91.8 Å². The van der Waals surface area contributed by atoms with Crippen molar-refractivity contribution in [3.05, 3.63) is 89.9 Å². The number of ether oxygens (including phenoxy) is 1. The number of para-hydroxylation sites is 1. The highest BCUT2D eigenvalue weighted by Crippen LogP contribution is 2.40. The highest BCUT2D eigenvalue weighted by molar-refractivity contribution is 7.93. The molecule has 1 amide bonds. The first-order chi connectivity index (χ1) is 19.8. The average molecular weight is 575 g/mol. The summed E-state index contributed by atoms with van der Waals surface area (Å²) in [5.41, 5.74) is 2.53. The van der Waals surface area contributed by atoms with Crippen molar-refractivity contribution in [1.82, 2.24) is 9.88 Å². The van der Waals surface area contributed by atoms with Gasteiger partial charge in [0.25, 0.3) is 15.9 Å². The molecule has 0 bridgehead atoms. The summed E-state index contributed by atoms with van der Waals surface area (Å²) in [5.74, 6) is 0.323. The zero-order valence-corrected chi connectivity index (χ0v) is 23.5. The van der Waals surface area contributed by atoms with Crippen LogP contribution < -0.4 is 14.4 Å². The molecule has 10 heteroatoms. The molecule has 1 aliphatic heterocycles. The van der Waals surface area contributed by atoms with Gasteiger partial charge >= 0.3 is 0 Å². The number of pyridine rings is 1. The molecule has 6 rings (SSSR count). The van der Waals surface area contributed by atoms with Gasteiger partial charge in [-0.15, -0.1) is 0 Å². The van der Waals surface area contributed by atoms with Gasteiger partial charge in [-0.3, -0.25) is 14.5 Å². The predicted molar refractivity (Wildman–Crippen MR) is 157 cm³/mol. The molecule has 1 aromatic heterocycles. The van der Waals surface area contributed by atoms with Crippen LogP contribution in [0.15, 0.2) is 77.8 Å². The van der Waals surface area contributed by atoms with Gasteiger partial charge in [-0.05, 0) is 66.8 Å². The van der Waals surface area contributed by atoms with Gasteiger partial charge in [0.2, 0.25) is 0 Å². The fourth-order valence-electron chi connectivity index (χ4n) is 5.51. The summed E-state index contributed by atoms with van der Waals surface area (Å²) >= 11 is 0. The van der Waals surface area contributed by atoms with Crippen LogP contribution >= 0.6 is 0 Å². The molecule has 8 nitrogen and oxygen atoms in total. The maximum atomic E-state index is 15.1. The first kappa shape index (κ1) is 27.0. The van der Waals surface area contributed by atoms with Gasteiger partial charge in [0.05, 0.1) is 24.0 Å². The number of hydrogen-bond donors (Lipinski definition) is 1. The molecule has 1 saturated heterocycles. The number of nitrogens with one attached hydrogen (secondary N) is 1. The van der Waals surface area contributed by atoms with Crippen molar-refractivity contribution >= 4 is 38.2 Å². The third-order valence-corrected chi connectivity index (χ3v) is 9.43. The second-order valence-electron chi connectivity index (χ2n) is 10.5. The van der Waals surface area contributed by atoms with Crippen LogP contribution in [0, 0.1) is 5.82 Å². The number of halogens is 1. The molecule has 4 aromatic rings. The quantitative estimate of drug-likeness (QED) is 0.317. The Balaban J connectivity index is 1.13. The van der Waals surface area contributed by atoms with Gasteiger partial charge in [-0.1, -0.05) is 30.7 Å². The van der Waals surface area contributed by atoms with Crippen LogP contribution in [0.1, 0.15) is 41.1 Å². The van der Waals surface area contributed by atoms with Crippen LogP contribution in [0.5, 0.6) is 5.75 Å². The fourth-order valence-corrected chi connectivity index (χ4v) is 6.76. The van der Waals surface area contributed by atoms with Crippen molar-refractivity contribution in [1.29, 1.82) is 0 Å². The normalized spacial score (nSPS) is 16.0. The number of carbonyl (C=O) groups excluding carboxylic acids is 1. The lowest BCUT2D eigenvalue weighted by molar-refractivity contribution is 0.0746. The highest BCUT2D eigenvalue weighted by atomic mass is 32.2. The number of nitrogens with zero attached hydrogens (tertiary/aromatic N) is 3. The Bertz CT molecular complexity index is 1710. The monoisotopic (exact) mass is 574 g/mol. The van der Waals surface area contributed by atoms with E-state index in [1.807, 2.05) is 0 Å². The van der Waals surface area contributed by atoms with Gasteiger partial charge in [0.15, 0.2) is 0 Å². The van der Waals surface area contributed by atoms with E-state index in [4.69, 9.17) is 4.74 Å². The summed E-state index contributed by atoms with van der Waals surface area (Å²) in [6, 6.07) is 18.5. The molecular weight excluding hydrogens is 543 g/mol. The number of anilines is 2. The smallest absolute Gasteiger partial charge is 0.264 e. The van der Waals surface area contributed by atoms with Crippen LogP contribution in [0.2, 0.25) is 0 Å². The Morgan fingerprint density at radius 2 is 1.78 bits per heavy atom. The summed E-state index contributed by atoms with van der Waals surface area (Å²) in [7, 11) is -2.44. The molecule has 2 heterocycles. The summed E-state index contributed by atoms with van der Waals surface area (Å²) in [4.78, 5) is 21.2. The third kappa shape index (κ3) is 5.31. The van der Waals surface area contributed by atoms with E-state index in [2.05, 4.69) is 32.8 Å². The number of sulfonamides is 1. The number of rotatable bonds is 7. The van der Waals surface area contributed by atoms with E-state index in [1.54, 1.807) is 36.3 Å². The zero-order chi connectivity index (χ0) is 28.6. The van der Waals surface area contributed by atoms with E-state index in [9.17, 15) is 13.2 Å². The van der Waals surface area contributed by atoms with E-state index in [1.165, 1.54) is 49.2 Å². The molecule has 1 aliphatic carbocycles. The first-order valence-electron chi connectivity index (χ1n) is 13.7. The zero-order valence-electron chi connectivity index (χ0n) is 22.7. The van der Waals surface area contributed by atoms with Crippen LogP contribution in [-0.4, -0.2) is 57.5 Å². The minimum atomic E-state index is -4.12. The Labute approximate surface area is 238 Å². The second-order valence-corrected chi connectivity index (χ2v) is 12.1. The lowest BCUT2D eigenvalue weighted by Crippen LogP contribution is -2.48. The van der Waals surface area contributed by atoms with Crippen LogP contribution in [0.3, 0.4) is 0 Å². The van der Waals surface area contributed by atoms with Crippen molar-refractivity contribution in [2.75, 3.05) is 42.9 Å². The van der Waals surface area contributed by atoms with Crippen molar-refractivity contribution in [2.24, 2.45) is 0 Å². The molecule has 2 fully saturated rings. The van der Waals surface area contributed by atoms with Crippen LogP contribution in [0.4, 0.5) is 15.8 Å². The Hall–Kier alpha value is -4.18. The number of carbonyl (C=O) groups is 1. The number of hydrogen-bond acceptors (Lipinski definition) is 6. The molecule has 0 spiro atoms. The van der Waals surface area contributed by atoms with Crippen molar-refractivity contribution in [3.63, 3.8) is 0 Å². The summed E-state index contributed by atoms with van der Waals surface area (Å²) in [6.07, 6.45) is 5.22. The maximum Gasteiger partial charge on any atom is 0.264 e. The van der Waals surface area contributed by atoms with E-state index in [0.717, 1.165) is 17.5 Å². The number of benzene rings is 3. The molecular formula is C31H31FN4O4S. The van der Waals surface area contributed by atoms with Crippen LogP contribution in [-0.2, 0) is 10.0 Å². The summed E-state index contributed by atoms with van der Waals surface area (Å²) in [6.45, 7) is 2.17. The molecule has 1 saturated carbocycles. The molecule has 3 aromatic carbocycles. The van der Waals surface area contributed by atoms with Gasteiger partial charge < -0.3 is 14.5 Å². The molecule has 212 valence electrons.